The first-order valence-electron chi connectivity index (χ1n) is 7.63. The van der Waals surface area contributed by atoms with Gasteiger partial charge in [-0.05, 0) is 24.0 Å². The van der Waals surface area contributed by atoms with Gasteiger partial charge in [0, 0.05) is 12.0 Å². The number of rotatable bonds is 7. The van der Waals surface area contributed by atoms with Gasteiger partial charge in [0.1, 0.15) is 5.71 Å². The van der Waals surface area contributed by atoms with Crippen LogP contribution in [0.25, 0.3) is 0 Å². The first kappa shape index (κ1) is 14.8. The van der Waals surface area contributed by atoms with Crippen LogP contribution in [-0.4, -0.2) is 16.7 Å². The van der Waals surface area contributed by atoms with Crippen molar-refractivity contribution in [1.29, 1.82) is 0 Å². The molecule has 0 unspecified atom stereocenters. The summed E-state index contributed by atoms with van der Waals surface area (Å²) in [4.78, 5) is 11.8. The van der Waals surface area contributed by atoms with E-state index in [0.717, 1.165) is 12.0 Å². The Balaban J connectivity index is 1.85. The van der Waals surface area contributed by atoms with E-state index in [2.05, 4.69) is 18.1 Å². The quantitative estimate of drug-likeness (QED) is 0.461. The lowest BCUT2D eigenvalue weighted by Crippen LogP contribution is -2.06. The van der Waals surface area contributed by atoms with Crippen LogP contribution in [0.1, 0.15) is 66.9 Å². The molecule has 20 heavy (non-hydrogen) atoms. The Kier molecular flexibility index (Phi) is 5.33. The molecule has 3 nitrogen and oxygen atoms in total. The number of aryl methyl sites for hydroxylation is 1. The number of ketones is 1. The van der Waals surface area contributed by atoms with Gasteiger partial charge in [-0.25, -0.2) is 0 Å². The molecule has 0 radical (unpaired) electrons. The molecule has 1 aliphatic rings. The van der Waals surface area contributed by atoms with Crippen LogP contribution in [0.2, 0.25) is 0 Å². The molecule has 1 N–H and O–H groups in total. The highest BCUT2D eigenvalue weighted by Crippen LogP contribution is 2.22. The SMILES string of the molecule is CCCCCCCCc1ccc2c(c1)CC(=NO)C2=O. The minimum absolute atomic E-state index is 0.131. The highest BCUT2D eigenvalue weighted by atomic mass is 16.4. The molecule has 0 aromatic heterocycles. The molecule has 0 amide bonds. The number of oxime groups is 1. The average molecular weight is 273 g/mol. The molecule has 0 heterocycles. The maximum absolute atomic E-state index is 11.8. The lowest BCUT2D eigenvalue weighted by Gasteiger charge is -2.04. The fourth-order valence-corrected chi connectivity index (χ4v) is 2.78. The second kappa shape index (κ2) is 7.22. The Morgan fingerprint density at radius 3 is 2.65 bits per heavy atom. The Morgan fingerprint density at radius 2 is 1.90 bits per heavy atom. The number of fused-ring (bicyclic) bond motifs is 1. The van der Waals surface area contributed by atoms with Gasteiger partial charge < -0.3 is 5.21 Å². The van der Waals surface area contributed by atoms with Crippen LogP contribution in [0.15, 0.2) is 23.4 Å². The first-order chi connectivity index (χ1) is 9.76. The smallest absolute Gasteiger partial charge is 0.211 e. The summed E-state index contributed by atoms with van der Waals surface area (Å²) in [5.41, 5.74) is 3.25. The second-order valence-electron chi connectivity index (χ2n) is 5.56. The molecule has 0 saturated carbocycles. The molecule has 0 saturated heterocycles. The number of unbranched alkanes of at least 4 members (excludes halogenated alkanes) is 5. The molecule has 0 aliphatic heterocycles. The lowest BCUT2D eigenvalue weighted by atomic mass is 10.0. The monoisotopic (exact) mass is 273 g/mol. The molecule has 2 rings (SSSR count). The third-order valence-electron chi connectivity index (χ3n) is 3.97. The van der Waals surface area contributed by atoms with Crippen molar-refractivity contribution in [2.24, 2.45) is 5.16 Å². The lowest BCUT2D eigenvalue weighted by molar-refractivity contribution is 0.106. The minimum Gasteiger partial charge on any atom is -0.411 e. The predicted molar refractivity (Wildman–Crippen MR) is 80.8 cm³/mol. The number of hydrogen-bond donors (Lipinski definition) is 1. The van der Waals surface area contributed by atoms with Gasteiger partial charge in [0.25, 0.3) is 0 Å². The standard InChI is InChI=1S/C17H23NO2/c1-2-3-4-5-6-7-8-13-9-10-15-14(11-13)12-16(18-20)17(15)19/h9-11,20H,2-8,12H2,1H3. The van der Waals surface area contributed by atoms with Crippen LogP contribution in [-0.2, 0) is 12.8 Å². The Labute approximate surface area is 120 Å². The zero-order chi connectivity index (χ0) is 14.4. The number of carbonyl (C=O) groups is 1. The molecule has 0 spiro atoms. The summed E-state index contributed by atoms with van der Waals surface area (Å²) in [5.74, 6) is -0.131. The predicted octanol–water partition coefficient (Wildman–Crippen LogP) is 4.16. The maximum atomic E-state index is 11.8. The zero-order valence-electron chi connectivity index (χ0n) is 12.2. The van der Waals surface area contributed by atoms with Crippen molar-refractivity contribution in [2.75, 3.05) is 0 Å². The van der Waals surface area contributed by atoms with E-state index in [1.807, 2.05) is 12.1 Å². The third-order valence-corrected chi connectivity index (χ3v) is 3.97. The summed E-state index contributed by atoms with van der Waals surface area (Å²) in [6.07, 6.45) is 9.30. The molecular formula is C17H23NO2. The van der Waals surface area contributed by atoms with E-state index in [4.69, 9.17) is 5.21 Å². The van der Waals surface area contributed by atoms with Gasteiger partial charge in [0.15, 0.2) is 0 Å². The van der Waals surface area contributed by atoms with Crippen LogP contribution < -0.4 is 0 Å². The number of hydrogen-bond acceptors (Lipinski definition) is 3. The number of benzene rings is 1. The summed E-state index contributed by atoms with van der Waals surface area (Å²) < 4.78 is 0. The topological polar surface area (TPSA) is 49.7 Å². The van der Waals surface area contributed by atoms with E-state index >= 15 is 0 Å². The second-order valence-corrected chi connectivity index (χ2v) is 5.56. The fourth-order valence-electron chi connectivity index (χ4n) is 2.78. The van der Waals surface area contributed by atoms with Crippen LogP contribution in [0.3, 0.4) is 0 Å². The van der Waals surface area contributed by atoms with E-state index in [1.54, 1.807) is 0 Å². The van der Waals surface area contributed by atoms with Gasteiger partial charge in [0.05, 0.1) is 0 Å². The maximum Gasteiger partial charge on any atom is 0.211 e. The van der Waals surface area contributed by atoms with Crippen LogP contribution in [0, 0.1) is 0 Å². The van der Waals surface area contributed by atoms with Crippen molar-refractivity contribution in [3.05, 3.63) is 34.9 Å². The summed E-state index contributed by atoms with van der Waals surface area (Å²) >= 11 is 0. The third kappa shape index (κ3) is 3.47. The largest absolute Gasteiger partial charge is 0.411 e. The van der Waals surface area contributed by atoms with Crippen LogP contribution in [0.5, 0.6) is 0 Å². The Hall–Kier alpha value is -1.64. The number of nitrogens with zero attached hydrogens (tertiary/aromatic N) is 1. The fraction of sp³-hybridized carbons (Fsp3) is 0.529. The highest BCUT2D eigenvalue weighted by molar-refractivity contribution is 6.49. The molecule has 0 fully saturated rings. The molecule has 0 bridgehead atoms. The normalized spacial score (nSPS) is 15.8. The van der Waals surface area contributed by atoms with Crippen molar-refractivity contribution in [3.63, 3.8) is 0 Å². The van der Waals surface area contributed by atoms with Crippen molar-refractivity contribution in [2.45, 2.75) is 58.3 Å². The van der Waals surface area contributed by atoms with E-state index < -0.39 is 0 Å². The van der Waals surface area contributed by atoms with Crippen molar-refractivity contribution >= 4 is 11.5 Å². The molecule has 1 aliphatic carbocycles. The number of Topliss-reactive ketones (excluding diaryl/α,β-unsaturated/α-hetero) is 1. The molecule has 108 valence electrons. The van der Waals surface area contributed by atoms with Gasteiger partial charge in [-0.2, -0.15) is 0 Å². The van der Waals surface area contributed by atoms with Gasteiger partial charge in [-0.3, -0.25) is 4.79 Å². The van der Waals surface area contributed by atoms with Gasteiger partial charge >= 0.3 is 0 Å². The van der Waals surface area contributed by atoms with E-state index in [9.17, 15) is 4.79 Å². The van der Waals surface area contributed by atoms with Gasteiger partial charge in [-0.1, -0.05) is 62.4 Å². The Morgan fingerprint density at radius 1 is 1.15 bits per heavy atom. The van der Waals surface area contributed by atoms with Crippen LogP contribution >= 0.6 is 0 Å². The van der Waals surface area contributed by atoms with E-state index in [0.29, 0.717) is 12.0 Å². The van der Waals surface area contributed by atoms with E-state index in [-0.39, 0.29) is 11.5 Å². The van der Waals surface area contributed by atoms with Crippen molar-refractivity contribution in [3.8, 4) is 0 Å². The number of carbonyl (C=O) groups excluding carboxylic acids is 1. The molecule has 1 aromatic rings. The van der Waals surface area contributed by atoms with Crippen LogP contribution in [0.4, 0.5) is 0 Å². The Bertz CT molecular complexity index is 506. The van der Waals surface area contributed by atoms with Crippen molar-refractivity contribution < 1.29 is 10.0 Å². The van der Waals surface area contributed by atoms with Gasteiger partial charge in [0.2, 0.25) is 5.78 Å². The molecule has 1 aromatic carbocycles. The van der Waals surface area contributed by atoms with Crippen molar-refractivity contribution in [1.82, 2.24) is 0 Å². The molecule has 3 heteroatoms. The minimum atomic E-state index is -0.131. The van der Waals surface area contributed by atoms with Gasteiger partial charge in [-0.15, -0.1) is 0 Å². The highest BCUT2D eigenvalue weighted by Gasteiger charge is 2.26. The average Bonchev–Trinajstić information content (AvgIpc) is 2.79. The van der Waals surface area contributed by atoms with E-state index in [1.165, 1.54) is 44.1 Å². The summed E-state index contributed by atoms with van der Waals surface area (Å²) in [6, 6.07) is 6.00. The molecular weight excluding hydrogens is 250 g/mol. The zero-order valence-corrected chi connectivity index (χ0v) is 12.2. The first-order valence-corrected chi connectivity index (χ1v) is 7.63. The summed E-state index contributed by atoms with van der Waals surface area (Å²) in [6.45, 7) is 2.23. The summed E-state index contributed by atoms with van der Waals surface area (Å²) in [5, 5.41) is 11.9. The molecule has 0 atom stereocenters. The summed E-state index contributed by atoms with van der Waals surface area (Å²) in [7, 11) is 0.